The molecule has 4 N–H and O–H groups in total. The van der Waals surface area contributed by atoms with Crippen LogP contribution in [0.3, 0.4) is 0 Å². The van der Waals surface area contributed by atoms with Crippen molar-refractivity contribution in [2.45, 2.75) is 50.1 Å². The van der Waals surface area contributed by atoms with Gasteiger partial charge in [-0.2, -0.15) is 0 Å². The van der Waals surface area contributed by atoms with Crippen molar-refractivity contribution in [3.63, 3.8) is 0 Å². The summed E-state index contributed by atoms with van der Waals surface area (Å²) in [6.07, 6.45) is 3.24. The van der Waals surface area contributed by atoms with Gasteiger partial charge < -0.3 is 21.1 Å². The minimum absolute atomic E-state index is 0.0768. The highest BCUT2D eigenvalue weighted by atomic mass is 16.4. The molecule has 1 saturated heterocycles. The van der Waals surface area contributed by atoms with Crippen LogP contribution in [0, 0.1) is 0 Å². The Labute approximate surface area is 111 Å². The molecule has 0 aromatic heterocycles. The fourth-order valence-electron chi connectivity index (χ4n) is 2.50. The summed E-state index contributed by atoms with van der Waals surface area (Å²) in [4.78, 5) is 34.0. The van der Waals surface area contributed by atoms with Gasteiger partial charge in [-0.3, -0.25) is 9.59 Å². The van der Waals surface area contributed by atoms with Crippen LogP contribution in [0.5, 0.6) is 0 Å². The standard InChI is InChI=1S/C12H19N3O4/c16-9-8(4-1-2-7-13-11(18)19)14-10(17)12(15-9)5-3-6-12/h8,13H,1-7H2,(H,14,17)(H,15,16)(H,18,19). The molecule has 2 fully saturated rings. The Morgan fingerprint density at radius 3 is 2.68 bits per heavy atom. The van der Waals surface area contributed by atoms with E-state index in [-0.39, 0.29) is 11.8 Å². The third-order valence-corrected chi connectivity index (χ3v) is 3.82. The molecule has 106 valence electrons. The maximum Gasteiger partial charge on any atom is 0.404 e. The number of nitrogens with one attached hydrogen (secondary N) is 3. The van der Waals surface area contributed by atoms with Crippen molar-refractivity contribution < 1.29 is 19.5 Å². The van der Waals surface area contributed by atoms with Gasteiger partial charge in [0.05, 0.1) is 0 Å². The van der Waals surface area contributed by atoms with Crippen LogP contribution in [0.4, 0.5) is 4.79 Å². The van der Waals surface area contributed by atoms with E-state index < -0.39 is 17.7 Å². The Hall–Kier alpha value is -1.79. The Balaban J connectivity index is 1.71. The van der Waals surface area contributed by atoms with Gasteiger partial charge in [0.2, 0.25) is 11.8 Å². The largest absolute Gasteiger partial charge is 0.465 e. The number of hydrogen-bond acceptors (Lipinski definition) is 3. The summed E-state index contributed by atoms with van der Waals surface area (Å²) in [6.45, 7) is 0.363. The number of carbonyl (C=O) groups is 3. The van der Waals surface area contributed by atoms with Crippen LogP contribution in [0.1, 0.15) is 38.5 Å². The number of amides is 3. The molecule has 7 nitrogen and oxygen atoms in total. The van der Waals surface area contributed by atoms with Gasteiger partial charge in [-0.25, -0.2) is 4.79 Å². The van der Waals surface area contributed by atoms with E-state index in [0.717, 1.165) is 19.3 Å². The zero-order valence-electron chi connectivity index (χ0n) is 10.7. The van der Waals surface area contributed by atoms with Crippen molar-refractivity contribution in [1.29, 1.82) is 0 Å². The summed E-state index contributed by atoms with van der Waals surface area (Å²) in [7, 11) is 0. The van der Waals surface area contributed by atoms with Gasteiger partial charge in [-0.1, -0.05) is 0 Å². The molecule has 1 heterocycles. The van der Waals surface area contributed by atoms with Crippen LogP contribution in [0.2, 0.25) is 0 Å². The molecule has 0 radical (unpaired) electrons. The average molecular weight is 269 g/mol. The SMILES string of the molecule is O=C(O)NCCCCC1NC(=O)C2(CCC2)NC1=O. The number of hydrogen-bond donors (Lipinski definition) is 4. The van der Waals surface area contributed by atoms with Crippen molar-refractivity contribution >= 4 is 17.9 Å². The van der Waals surface area contributed by atoms with E-state index in [1.54, 1.807) is 0 Å². The van der Waals surface area contributed by atoms with Gasteiger partial charge in [-0.15, -0.1) is 0 Å². The Morgan fingerprint density at radius 1 is 1.37 bits per heavy atom. The molecule has 1 spiro atoms. The molecule has 1 unspecified atom stereocenters. The molecule has 1 atom stereocenters. The molecule has 0 aromatic carbocycles. The predicted molar refractivity (Wildman–Crippen MR) is 66.5 cm³/mol. The smallest absolute Gasteiger partial charge is 0.404 e. The lowest BCUT2D eigenvalue weighted by atomic mass is 9.74. The highest BCUT2D eigenvalue weighted by molar-refractivity contribution is 6.00. The third-order valence-electron chi connectivity index (χ3n) is 3.82. The first-order valence-electron chi connectivity index (χ1n) is 6.63. The number of piperazine rings is 1. The fraction of sp³-hybridized carbons (Fsp3) is 0.750. The molecule has 1 aliphatic carbocycles. The minimum Gasteiger partial charge on any atom is -0.465 e. The Kier molecular flexibility index (Phi) is 3.92. The minimum atomic E-state index is -1.05. The summed E-state index contributed by atoms with van der Waals surface area (Å²) in [5.41, 5.74) is -0.640. The fourth-order valence-corrected chi connectivity index (χ4v) is 2.50. The predicted octanol–water partition coefficient (Wildman–Crippen LogP) is -0.0384. The van der Waals surface area contributed by atoms with Gasteiger partial charge in [0.1, 0.15) is 11.6 Å². The van der Waals surface area contributed by atoms with Crippen LogP contribution in [-0.2, 0) is 9.59 Å². The molecule has 2 rings (SSSR count). The molecule has 1 aliphatic heterocycles. The molecule has 0 bridgehead atoms. The maximum absolute atomic E-state index is 11.9. The van der Waals surface area contributed by atoms with Gasteiger partial charge in [0, 0.05) is 6.54 Å². The molecular weight excluding hydrogens is 250 g/mol. The summed E-state index contributed by atoms with van der Waals surface area (Å²) in [5, 5.41) is 16.3. The number of unbranched alkanes of at least 4 members (excludes halogenated alkanes) is 1. The second-order valence-corrected chi connectivity index (χ2v) is 5.18. The summed E-state index contributed by atoms with van der Waals surface area (Å²) >= 11 is 0. The Bertz CT molecular complexity index is 392. The first-order chi connectivity index (χ1) is 9.03. The summed E-state index contributed by atoms with van der Waals surface area (Å²) < 4.78 is 0. The van der Waals surface area contributed by atoms with E-state index in [0.29, 0.717) is 25.8 Å². The van der Waals surface area contributed by atoms with Crippen molar-refractivity contribution in [3.05, 3.63) is 0 Å². The lowest BCUT2D eigenvalue weighted by Gasteiger charge is -2.45. The monoisotopic (exact) mass is 269 g/mol. The highest BCUT2D eigenvalue weighted by Crippen LogP contribution is 2.34. The summed E-state index contributed by atoms with van der Waals surface area (Å²) in [6, 6.07) is -0.483. The zero-order valence-corrected chi connectivity index (χ0v) is 10.7. The summed E-state index contributed by atoms with van der Waals surface area (Å²) in [5.74, 6) is -0.197. The van der Waals surface area contributed by atoms with Crippen LogP contribution in [0.15, 0.2) is 0 Å². The van der Waals surface area contributed by atoms with Gasteiger partial charge in [0.15, 0.2) is 0 Å². The average Bonchev–Trinajstić information content (AvgIpc) is 2.30. The number of carbonyl (C=O) groups excluding carboxylic acids is 2. The maximum atomic E-state index is 11.9. The highest BCUT2D eigenvalue weighted by Gasteiger charge is 2.50. The zero-order chi connectivity index (χ0) is 13.9. The second-order valence-electron chi connectivity index (χ2n) is 5.18. The topological polar surface area (TPSA) is 108 Å². The van der Waals surface area contributed by atoms with E-state index in [4.69, 9.17) is 5.11 Å². The molecule has 0 aromatic rings. The van der Waals surface area contributed by atoms with Gasteiger partial charge >= 0.3 is 6.09 Å². The molecule has 19 heavy (non-hydrogen) atoms. The first-order valence-corrected chi connectivity index (χ1v) is 6.63. The molecule has 2 aliphatic rings. The quantitative estimate of drug-likeness (QED) is 0.525. The number of carboxylic acid groups (broad SMARTS) is 1. The van der Waals surface area contributed by atoms with E-state index in [9.17, 15) is 14.4 Å². The van der Waals surface area contributed by atoms with Gasteiger partial charge in [0.25, 0.3) is 0 Å². The van der Waals surface area contributed by atoms with E-state index in [1.165, 1.54) is 0 Å². The lowest BCUT2D eigenvalue weighted by Crippen LogP contribution is -2.71. The first kappa shape index (κ1) is 13.6. The lowest BCUT2D eigenvalue weighted by molar-refractivity contribution is -0.145. The number of rotatable bonds is 5. The van der Waals surface area contributed by atoms with E-state index in [1.807, 2.05) is 0 Å². The molecular formula is C12H19N3O4. The van der Waals surface area contributed by atoms with Crippen LogP contribution < -0.4 is 16.0 Å². The Morgan fingerprint density at radius 2 is 2.11 bits per heavy atom. The van der Waals surface area contributed by atoms with Crippen molar-refractivity contribution in [3.8, 4) is 0 Å². The molecule has 1 saturated carbocycles. The van der Waals surface area contributed by atoms with Crippen molar-refractivity contribution in [1.82, 2.24) is 16.0 Å². The molecule has 3 amide bonds. The second kappa shape index (κ2) is 5.46. The van der Waals surface area contributed by atoms with E-state index >= 15 is 0 Å². The van der Waals surface area contributed by atoms with Crippen molar-refractivity contribution in [2.75, 3.05) is 6.54 Å². The third kappa shape index (κ3) is 2.97. The molecule has 7 heteroatoms. The van der Waals surface area contributed by atoms with Crippen molar-refractivity contribution in [2.24, 2.45) is 0 Å². The van der Waals surface area contributed by atoms with E-state index in [2.05, 4.69) is 16.0 Å². The van der Waals surface area contributed by atoms with Gasteiger partial charge in [-0.05, 0) is 38.5 Å². The normalized spacial score (nSPS) is 24.3. The van der Waals surface area contributed by atoms with Crippen LogP contribution in [-0.4, -0.2) is 41.1 Å². The van der Waals surface area contributed by atoms with Crippen LogP contribution in [0.25, 0.3) is 0 Å². The van der Waals surface area contributed by atoms with Crippen LogP contribution >= 0.6 is 0 Å².